The average molecular weight is 212 g/mol. The number of rotatable bonds is 2. The summed E-state index contributed by atoms with van der Waals surface area (Å²) in [4.78, 5) is 14.3. The molecule has 11 heavy (non-hydrogen) atoms. The maximum atomic E-state index is 10.4. The highest BCUT2D eigenvalue weighted by Crippen LogP contribution is 2.23. The number of aromatic carboxylic acids is 1. The van der Waals surface area contributed by atoms with Crippen LogP contribution >= 0.6 is 34.5 Å². The van der Waals surface area contributed by atoms with E-state index in [-0.39, 0.29) is 15.2 Å². The minimum absolute atomic E-state index is 0.0743. The Balaban J connectivity index is 3.12. The maximum absolute atomic E-state index is 10.4. The van der Waals surface area contributed by atoms with Crippen LogP contribution in [0.1, 0.15) is 15.4 Å². The molecule has 1 aromatic rings. The number of hydrogen-bond acceptors (Lipinski definition) is 3. The van der Waals surface area contributed by atoms with Crippen LogP contribution < -0.4 is 0 Å². The minimum Gasteiger partial charge on any atom is -0.477 e. The van der Waals surface area contributed by atoms with Crippen molar-refractivity contribution < 1.29 is 9.90 Å². The third kappa shape index (κ3) is 1.83. The predicted octanol–water partition coefficient (Wildman–Crippen LogP) is 2.23. The second-order valence-electron chi connectivity index (χ2n) is 1.68. The van der Waals surface area contributed by atoms with Gasteiger partial charge in [-0.1, -0.05) is 22.9 Å². The van der Waals surface area contributed by atoms with Crippen LogP contribution in [0.4, 0.5) is 0 Å². The van der Waals surface area contributed by atoms with Crippen LogP contribution in [0.25, 0.3) is 0 Å². The quantitative estimate of drug-likeness (QED) is 0.764. The Bertz CT molecular complexity index is 286. The smallest absolute Gasteiger partial charge is 0.347 e. The number of thiazole rings is 1. The number of hydrogen-bond donors (Lipinski definition) is 1. The summed E-state index contributed by atoms with van der Waals surface area (Å²) in [5.41, 5.74) is 0.328. The molecule has 3 nitrogen and oxygen atoms in total. The zero-order valence-electron chi connectivity index (χ0n) is 5.17. The number of halogens is 2. The molecule has 0 atom stereocenters. The fourth-order valence-corrected chi connectivity index (χ4v) is 1.83. The van der Waals surface area contributed by atoms with E-state index >= 15 is 0 Å². The molecule has 1 heterocycles. The first-order valence-electron chi connectivity index (χ1n) is 2.59. The van der Waals surface area contributed by atoms with Crippen LogP contribution in [0.15, 0.2) is 0 Å². The van der Waals surface area contributed by atoms with Gasteiger partial charge in [0.25, 0.3) is 0 Å². The van der Waals surface area contributed by atoms with E-state index in [1.54, 1.807) is 0 Å². The molecule has 6 heteroatoms. The molecule has 0 aliphatic carbocycles. The van der Waals surface area contributed by atoms with Gasteiger partial charge in [0.1, 0.15) is 4.88 Å². The van der Waals surface area contributed by atoms with Gasteiger partial charge in [-0.2, -0.15) is 0 Å². The van der Waals surface area contributed by atoms with Crippen LogP contribution in [0.5, 0.6) is 0 Å². The van der Waals surface area contributed by atoms with Gasteiger partial charge in [0.15, 0.2) is 4.47 Å². The van der Waals surface area contributed by atoms with Gasteiger partial charge in [-0.25, -0.2) is 9.78 Å². The lowest BCUT2D eigenvalue weighted by molar-refractivity contribution is 0.0701. The van der Waals surface area contributed by atoms with Crippen LogP contribution in [0.2, 0.25) is 4.47 Å². The van der Waals surface area contributed by atoms with E-state index in [2.05, 4.69) is 4.98 Å². The Morgan fingerprint density at radius 2 is 2.36 bits per heavy atom. The molecule has 1 aromatic heterocycles. The Morgan fingerprint density at radius 3 is 2.73 bits per heavy atom. The molecule has 0 aliphatic heterocycles. The first kappa shape index (κ1) is 8.77. The van der Waals surface area contributed by atoms with Crippen LogP contribution in [0, 0.1) is 0 Å². The van der Waals surface area contributed by atoms with Crippen molar-refractivity contribution in [1.29, 1.82) is 0 Å². The highest BCUT2D eigenvalue weighted by atomic mass is 35.5. The van der Waals surface area contributed by atoms with Crippen molar-refractivity contribution in [2.75, 3.05) is 0 Å². The lowest BCUT2D eigenvalue weighted by Gasteiger charge is -1.88. The number of carbonyl (C=O) groups is 1. The molecule has 0 spiro atoms. The summed E-state index contributed by atoms with van der Waals surface area (Å²) >= 11 is 11.8. The molecule has 0 saturated heterocycles. The van der Waals surface area contributed by atoms with Crippen LogP contribution in [-0.4, -0.2) is 16.1 Å². The average Bonchev–Trinajstić information content (AvgIpc) is 2.30. The lowest BCUT2D eigenvalue weighted by atomic mass is 10.4. The minimum atomic E-state index is -1.04. The molecule has 0 bridgehead atoms. The number of nitrogens with zero attached hydrogens (tertiary/aromatic N) is 1. The molecule has 0 amide bonds. The summed E-state index contributed by atoms with van der Waals surface area (Å²) in [6, 6.07) is 0. The Hall–Kier alpha value is -0.320. The molecule has 0 aliphatic rings. The van der Waals surface area contributed by atoms with Crippen molar-refractivity contribution in [3.8, 4) is 0 Å². The van der Waals surface area contributed by atoms with E-state index in [1.165, 1.54) is 0 Å². The zero-order valence-corrected chi connectivity index (χ0v) is 7.50. The van der Waals surface area contributed by atoms with Crippen LogP contribution in [0.3, 0.4) is 0 Å². The van der Waals surface area contributed by atoms with Gasteiger partial charge in [0, 0.05) is 0 Å². The van der Waals surface area contributed by atoms with Crippen molar-refractivity contribution in [3.05, 3.63) is 15.0 Å². The summed E-state index contributed by atoms with van der Waals surface area (Å²) in [5.74, 6) is -0.963. The summed E-state index contributed by atoms with van der Waals surface area (Å²) in [6.45, 7) is 0. The first-order valence-corrected chi connectivity index (χ1v) is 4.32. The van der Waals surface area contributed by atoms with Gasteiger partial charge in [-0.3, -0.25) is 0 Å². The van der Waals surface area contributed by atoms with Gasteiger partial charge in [0.2, 0.25) is 0 Å². The number of aromatic nitrogens is 1. The van der Waals surface area contributed by atoms with Crippen molar-refractivity contribution in [2.24, 2.45) is 0 Å². The SMILES string of the molecule is O=C(O)c1sc(Cl)nc1CCl. The Kier molecular flexibility index (Phi) is 2.70. The fraction of sp³-hybridized carbons (Fsp3) is 0.200. The number of carboxylic acids is 1. The third-order valence-corrected chi connectivity index (χ3v) is 2.44. The predicted molar refractivity (Wildman–Crippen MR) is 43.6 cm³/mol. The molecular formula is C5H3Cl2NO2S. The van der Waals surface area contributed by atoms with Gasteiger partial charge in [0.05, 0.1) is 11.6 Å². The zero-order chi connectivity index (χ0) is 8.43. The normalized spacial score (nSPS) is 10.0. The highest BCUT2D eigenvalue weighted by Gasteiger charge is 2.14. The molecule has 0 saturated carbocycles. The number of carboxylic acid groups (broad SMARTS) is 1. The second-order valence-corrected chi connectivity index (χ2v) is 3.53. The summed E-state index contributed by atoms with van der Waals surface area (Å²) < 4.78 is 0.207. The molecule has 0 radical (unpaired) electrons. The van der Waals surface area contributed by atoms with Gasteiger partial charge in [-0.15, -0.1) is 11.6 Å². The van der Waals surface area contributed by atoms with Gasteiger partial charge < -0.3 is 5.11 Å². The molecule has 1 N–H and O–H groups in total. The van der Waals surface area contributed by atoms with Gasteiger partial charge >= 0.3 is 5.97 Å². The fourth-order valence-electron chi connectivity index (χ4n) is 0.580. The van der Waals surface area contributed by atoms with E-state index in [1.807, 2.05) is 0 Å². The van der Waals surface area contributed by atoms with E-state index in [9.17, 15) is 4.79 Å². The standard InChI is InChI=1S/C5H3Cl2NO2S/c6-1-2-3(4(9)10)11-5(7)8-2/h1H2,(H,9,10). The van der Waals surface area contributed by atoms with E-state index in [4.69, 9.17) is 28.3 Å². The molecule has 0 aromatic carbocycles. The van der Waals surface area contributed by atoms with E-state index in [0.717, 1.165) is 11.3 Å². The maximum Gasteiger partial charge on any atom is 0.347 e. The van der Waals surface area contributed by atoms with E-state index < -0.39 is 5.97 Å². The summed E-state index contributed by atoms with van der Waals surface area (Å²) in [5, 5.41) is 8.56. The van der Waals surface area contributed by atoms with Crippen molar-refractivity contribution >= 4 is 40.5 Å². The monoisotopic (exact) mass is 211 g/mol. The summed E-state index contributed by atoms with van der Waals surface area (Å²) in [6.07, 6.45) is 0. The largest absolute Gasteiger partial charge is 0.477 e. The molecule has 0 fully saturated rings. The first-order chi connectivity index (χ1) is 5.15. The highest BCUT2D eigenvalue weighted by molar-refractivity contribution is 7.17. The molecule has 1 rings (SSSR count). The van der Waals surface area contributed by atoms with Crippen molar-refractivity contribution in [1.82, 2.24) is 4.98 Å². The topological polar surface area (TPSA) is 50.2 Å². The molecular weight excluding hydrogens is 209 g/mol. The Morgan fingerprint density at radius 1 is 1.73 bits per heavy atom. The lowest BCUT2D eigenvalue weighted by Crippen LogP contribution is -1.96. The van der Waals surface area contributed by atoms with Crippen LogP contribution in [-0.2, 0) is 5.88 Å². The Labute approximate surface area is 76.6 Å². The van der Waals surface area contributed by atoms with Crippen molar-refractivity contribution in [3.63, 3.8) is 0 Å². The third-order valence-electron chi connectivity index (χ3n) is 0.992. The van der Waals surface area contributed by atoms with Crippen molar-refractivity contribution in [2.45, 2.75) is 5.88 Å². The van der Waals surface area contributed by atoms with Gasteiger partial charge in [-0.05, 0) is 0 Å². The molecule has 0 unspecified atom stereocenters. The second kappa shape index (κ2) is 3.38. The summed E-state index contributed by atoms with van der Waals surface area (Å²) in [7, 11) is 0. The van der Waals surface area contributed by atoms with E-state index in [0.29, 0.717) is 5.69 Å². The molecule has 60 valence electrons. The number of alkyl halides is 1.